The predicted octanol–water partition coefficient (Wildman–Crippen LogP) is 1.39. The molecule has 1 atom stereocenters. The summed E-state index contributed by atoms with van der Waals surface area (Å²) in [5.41, 5.74) is 0. The number of carbonyl (C=O) groups is 1. The summed E-state index contributed by atoms with van der Waals surface area (Å²) in [5.74, 6) is 1.36. The molecule has 1 aromatic rings. The van der Waals surface area contributed by atoms with Crippen LogP contribution in [-0.4, -0.2) is 15.8 Å². The van der Waals surface area contributed by atoms with Crippen molar-refractivity contribution in [3.63, 3.8) is 0 Å². The van der Waals surface area contributed by atoms with E-state index in [1.165, 1.54) is 0 Å². The number of rotatable bonds is 2. The van der Waals surface area contributed by atoms with Crippen LogP contribution in [0.1, 0.15) is 25.1 Å². The lowest BCUT2D eigenvalue weighted by atomic mass is 10.0. The smallest absolute Gasteiger partial charge is 0.136 e. The third kappa shape index (κ3) is 1.91. The molecule has 1 unspecified atom stereocenters. The summed E-state index contributed by atoms with van der Waals surface area (Å²) in [5, 5.41) is 0. The SMILES string of the molecule is O=C1CCCC1Cc1ncccn1. The fourth-order valence-electron chi connectivity index (χ4n) is 1.76. The third-order valence-electron chi connectivity index (χ3n) is 2.48. The number of hydrogen-bond acceptors (Lipinski definition) is 3. The Morgan fingerprint density at radius 2 is 2.15 bits per heavy atom. The Morgan fingerprint density at radius 3 is 2.77 bits per heavy atom. The van der Waals surface area contributed by atoms with E-state index in [1.807, 2.05) is 0 Å². The Morgan fingerprint density at radius 1 is 1.38 bits per heavy atom. The molecule has 1 aliphatic rings. The number of nitrogens with zero attached hydrogens (tertiary/aromatic N) is 2. The average molecular weight is 176 g/mol. The van der Waals surface area contributed by atoms with E-state index >= 15 is 0 Å². The minimum atomic E-state index is 0.183. The van der Waals surface area contributed by atoms with E-state index < -0.39 is 0 Å². The van der Waals surface area contributed by atoms with Crippen molar-refractivity contribution in [3.8, 4) is 0 Å². The molecular formula is C10H12N2O. The van der Waals surface area contributed by atoms with Gasteiger partial charge in [0.25, 0.3) is 0 Å². The van der Waals surface area contributed by atoms with Crippen LogP contribution in [-0.2, 0) is 11.2 Å². The Balaban J connectivity index is 2.02. The number of ketones is 1. The number of aromatic nitrogens is 2. The van der Waals surface area contributed by atoms with Gasteiger partial charge in [-0.1, -0.05) is 0 Å². The molecule has 13 heavy (non-hydrogen) atoms. The van der Waals surface area contributed by atoms with E-state index in [2.05, 4.69) is 9.97 Å². The van der Waals surface area contributed by atoms with Crippen LogP contribution in [0.5, 0.6) is 0 Å². The summed E-state index contributed by atoms with van der Waals surface area (Å²) in [6.45, 7) is 0. The van der Waals surface area contributed by atoms with Gasteiger partial charge in [-0.3, -0.25) is 4.79 Å². The van der Waals surface area contributed by atoms with E-state index in [9.17, 15) is 4.79 Å². The fraction of sp³-hybridized carbons (Fsp3) is 0.500. The highest BCUT2D eigenvalue weighted by atomic mass is 16.1. The summed E-state index contributed by atoms with van der Waals surface area (Å²) in [6, 6.07) is 1.79. The first-order valence-electron chi connectivity index (χ1n) is 4.65. The molecule has 2 rings (SSSR count). The van der Waals surface area contributed by atoms with Gasteiger partial charge in [0.1, 0.15) is 11.6 Å². The van der Waals surface area contributed by atoms with Crippen molar-refractivity contribution in [2.45, 2.75) is 25.7 Å². The molecule has 68 valence electrons. The zero-order chi connectivity index (χ0) is 9.10. The molecule has 0 radical (unpaired) electrons. The number of carbonyl (C=O) groups excluding carboxylic acids is 1. The minimum absolute atomic E-state index is 0.183. The van der Waals surface area contributed by atoms with Gasteiger partial charge in [-0.25, -0.2) is 9.97 Å². The maximum atomic E-state index is 11.3. The second-order valence-corrected chi connectivity index (χ2v) is 3.42. The van der Waals surface area contributed by atoms with Gasteiger partial charge >= 0.3 is 0 Å². The lowest BCUT2D eigenvalue weighted by molar-refractivity contribution is -0.120. The quantitative estimate of drug-likeness (QED) is 0.683. The van der Waals surface area contributed by atoms with Gasteiger partial charge in [-0.05, 0) is 18.9 Å². The molecule has 0 N–H and O–H groups in total. The second-order valence-electron chi connectivity index (χ2n) is 3.42. The summed E-state index contributed by atoms with van der Waals surface area (Å²) in [4.78, 5) is 19.5. The summed E-state index contributed by atoms with van der Waals surface area (Å²) in [6.07, 6.45) is 6.97. The molecule has 0 aromatic carbocycles. The average Bonchev–Trinajstić information content (AvgIpc) is 2.54. The van der Waals surface area contributed by atoms with Crippen molar-refractivity contribution < 1.29 is 4.79 Å². The fourth-order valence-corrected chi connectivity index (χ4v) is 1.76. The van der Waals surface area contributed by atoms with Gasteiger partial charge in [0.05, 0.1) is 0 Å². The predicted molar refractivity (Wildman–Crippen MR) is 48.1 cm³/mol. The van der Waals surface area contributed by atoms with Gasteiger partial charge in [0, 0.05) is 31.2 Å². The largest absolute Gasteiger partial charge is 0.299 e. The molecule has 0 saturated heterocycles. The minimum Gasteiger partial charge on any atom is -0.299 e. The highest BCUT2D eigenvalue weighted by molar-refractivity contribution is 5.82. The zero-order valence-corrected chi connectivity index (χ0v) is 7.44. The van der Waals surface area contributed by atoms with Gasteiger partial charge in [0.15, 0.2) is 0 Å². The number of hydrogen-bond donors (Lipinski definition) is 0. The standard InChI is InChI=1S/C10H12N2O/c13-9-4-1-3-8(9)7-10-11-5-2-6-12-10/h2,5-6,8H,1,3-4,7H2. The van der Waals surface area contributed by atoms with Crippen LogP contribution < -0.4 is 0 Å². The normalized spacial score (nSPS) is 22.2. The molecule has 0 amide bonds. The van der Waals surface area contributed by atoms with Gasteiger partial charge in [-0.2, -0.15) is 0 Å². The molecule has 1 fully saturated rings. The van der Waals surface area contributed by atoms with E-state index in [4.69, 9.17) is 0 Å². The molecule has 0 spiro atoms. The molecule has 1 aliphatic carbocycles. The molecule has 0 aliphatic heterocycles. The van der Waals surface area contributed by atoms with Crippen molar-refractivity contribution in [2.24, 2.45) is 5.92 Å². The van der Waals surface area contributed by atoms with Crippen LogP contribution in [0.2, 0.25) is 0 Å². The van der Waals surface area contributed by atoms with Crippen LogP contribution in [0.15, 0.2) is 18.5 Å². The maximum Gasteiger partial charge on any atom is 0.136 e. The second kappa shape index (κ2) is 3.64. The first-order chi connectivity index (χ1) is 6.36. The molecule has 0 bridgehead atoms. The van der Waals surface area contributed by atoms with Crippen molar-refractivity contribution in [1.29, 1.82) is 0 Å². The molecule has 1 heterocycles. The monoisotopic (exact) mass is 176 g/mol. The van der Waals surface area contributed by atoms with Crippen molar-refractivity contribution in [2.75, 3.05) is 0 Å². The zero-order valence-electron chi connectivity index (χ0n) is 7.44. The lowest BCUT2D eigenvalue weighted by Crippen LogP contribution is -2.11. The van der Waals surface area contributed by atoms with Gasteiger partial charge in [-0.15, -0.1) is 0 Å². The van der Waals surface area contributed by atoms with E-state index in [1.54, 1.807) is 18.5 Å². The van der Waals surface area contributed by atoms with Crippen LogP contribution in [0, 0.1) is 5.92 Å². The molecule has 1 aromatic heterocycles. The first-order valence-corrected chi connectivity index (χ1v) is 4.65. The van der Waals surface area contributed by atoms with Crippen LogP contribution in [0.25, 0.3) is 0 Å². The van der Waals surface area contributed by atoms with E-state index in [0.717, 1.165) is 31.5 Å². The third-order valence-corrected chi connectivity index (χ3v) is 2.48. The molecule has 3 heteroatoms. The van der Waals surface area contributed by atoms with E-state index in [-0.39, 0.29) is 5.92 Å². The van der Waals surface area contributed by atoms with Crippen molar-refractivity contribution in [3.05, 3.63) is 24.3 Å². The first kappa shape index (κ1) is 8.35. The van der Waals surface area contributed by atoms with Crippen LogP contribution in [0.4, 0.5) is 0 Å². The topological polar surface area (TPSA) is 42.9 Å². The molecule has 3 nitrogen and oxygen atoms in total. The Labute approximate surface area is 77.2 Å². The Bertz CT molecular complexity index is 297. The van der Waals surface area contributed by atoms with Crippen LogP contribution >= 0.6 is 0 Å². The molecule has 1 saturated carbocycles. The summed E-state index contributed by atoms with van der Waals surface area (Å²) in [7, 11) is 0. The van der Waals surface area contributed by atoms with Gasteiger partial charge in [0.2, 0.25) is 0 Å². The Kier molecular flexibility index (Phi) is 2.34. The number of Topliss-reactive ketones (excluding diaryl/α,β-unsaturated/α-hetero) is 1. The Hall–Kier alpha value is -1.25. The molecular weight excluding hydrogens is 164 g/mol. The summed E-state index contributed by atoms with van der Waals surface area (Å²) >= 11 is 0. The van der Waals surface area contributed by atoms with E-state index in [0.29, 0.717) is 5.78 Å². The van der Waals surface area contributed by atoms with Crippen molar-refractivity contribution >= 4 is 5.78 Å². The highest BCUT2D eigenvalue weighted by Crippen LogP contribution is 2.23. The maximum absolute atomic E-state index is 11.3. The van der Waals surface area contributed by atoms with Crippen molar-refractivity contribution in [1.82, 2.24) is 9.97 Å². The highest BCUT2D eigenvalue weighted by Gasteiger charge is 2.24. The van der Waals surface area contributed by atoms with Crippen LogP contribution in [0.3, 0.4) is 0 Å². The summed E-state index contributed by atoms with van der Waals surface area (Å²) < 4.78 is 0. The lowest BCUT2D eigenvalue weighted by Gasteiger charge is -2.04. The van der Waals surface area contributed by atoms with Gasteiger partial charge < -0.3 is 0 Å².